The van der Waals surface area contributed by atoms with Crippen molar-refractivity contribution in [2.45, 2.75) is 33.4 Å². The van der Waals surface area contributed by atoms with Crippen molar-refractivity contribution in [1.82, 2.24) is 5.32 Å². The van der Waals surface area contributed by atoms with E-state index in [0.717, 1.165) is 25.1 Å². The molecule has 0 fully saturated rings. The largest absolute Gasteiger partial charge is 0.396 e. The quantitative estimate of drug-likeness (QED) is 0.676. The minimum Gasteiger partial charge on any atom is -0.396 e. The van der Waals surface area contributed by atoms with Gasteiger partial charge in [-0.1, -0.05) is 38.1 Å². The Morgan fingerprint density at radius 2 is 1.65 bits per heavy atom. The lowest BCUT2D eigenvalue weighted by molar-refractivity contribution is 0.207. The second-order valence-electron chi connectivity index (χ2n) is 5.22. The molecule has 0 unspecified atom stereocenters. The Hall–Kier alpha value is -0.900. The van der Waals surface area contributed by atoms with Gasteiger partial charge in [0.25, 0.3) is 0 Å². The second-order valence-corrected chi connectivity index (χ2v) is 5.22. The van der Waals surface area contributed by atoms with Crippen LogP contribution in [0.5, 0.6) is 0 Å². The van der Waals surface area contributed by atoms with Gasteiger partial charge in [-0.25, -0.2) is 0 Å². The zero-order valence-corrected chi connectivity index (χ0v) is 10.7. The maximum Gasteiger partial charge on any atom is 0.0681 e. The molecule has 0 spiro atoms. The van der Waals surface area contributed by atoms with Gasteiger partial charge < -0.3 is 15.5 Å². The highest BCUT2D eigenvalue weighted by Gasteiger charge is 2.15. The molecule has 1 rings (SSSR count). The lowest BCUT2D eigenvalue weighted by Gasteiger charge is -2.24. The molecular formula is C14H23NO2. The molecular weight excluding hydrogens is 214 g/mol. The third-order valence-electron chi connectivity index (χ3n) is 2.93. The molecule has 0 aliphatic rings. The van der Waals surface area contributed by atoms with Crippen molar-refractivity contribution in [2.75, 3.05) is 13.2 Å². The van der Waals surface area contributed by atoms with Crippen LogP contribution >= 0.6 is 0 Å². The van der Waals surface area contributed by atoms with Gasteiger partial charge in [-0.05, 0) is 23.0 Å². The average Bonchev–Trinajstić information content (AvgIpc) is 2.29. The van der Waals surface area contributed by atoms with Crippen LogP contribution < -0.4 is 5.32 Å². The highest BCUT2D eigenvalue weighted by molar-refractivity contribution is 5.21. The van der Waals surface area contributed by atoms with Crippen LogP contribution in [-0.2, 0) is 13.2 Å². The molecule has 0 saturated heterocycles. The summed E-state index contributed by atoms with van der Waals surface area (Å²) in [5.74, 6) is 0. The summed E-state index contributed by atoms with van der Waals surface area (Å²) in [4.78, 5) is 0. The summed E-state index contributed by atoms with van der Waals surface area (Å²) >= 11 is 0. The highest BCUT2D eigenvalue weighted by Crippen LogP contribution is 2.18. The number of nitrogens with one attached hydrogen (secondary N) is 1. The van der Waals surface area contributed by atoms with Crippen LogP contribution in [0.1, 0.15) is 31.4 Å². The van der Waals surface area contributed by atoms with Crippen LogP contribution in [0.15, 0.2) is 24.3 Å². The van der Waals surface area contributed by atoms with Gasteiger partial charge in [-0.3, -0.25) is 0 Å². The smallest absolute Gasteiger partial charge is 0.0681 e. The molecule has 17 heavy (non-hydrogen) atoms. The first-order chi connectivity index (χ1) is 8.07. The summed E-state index contributed by atoms with van der Waals surface area (Å²) in [7, 11) is 0. The molecule has 0 aliphatic heterocycles. The molecule has 0 saturated carbocycles. The molecule has 0 amide bonds. The fourth-order valence-corrected chi connectivity index (χ4v) is 1.70. The maximum absolute atomic E-state index is 8.93. The molecule has 3 nitrogen and oxygen atoms in total. The fraction of sp³-hybridized carbons (Fsp3) is 0.571. The van der Waals surface area contributed by atoms with Gasteiger partial charge in [0.1, 0.15) is 0 Å². The molecule has 1 aromatic carbocycles. The van der Waals surface area contributed by atoms with Crippen molar-refractivity contribution in [3.63, 3.8) is 0 Å². The van der Waals surface area contributed by atoms with Gasteiger partial charge in [0.2, 0.25) is 0 Å². The van der Waals surface area contributed by atoms with Crippen molar-refractivity contribution in [3.05, 3.63) is 35.4 Å². The van der Waals surface area contributed by atoms with Crippen molar-refractivity contribution in [3.8, 4) is 0 Å². The summed E-state index contributed by atoms with van der Waals surface area (Å²) in [5, 5.41) is 21.2. The average molecular weight is 237 g/mol. The first-order valence-electron chi connectivity index (χ1n) is 6.08. The zero-order valence-electron chi connectivity index (χ0n) is 10.7. The number of hydrogen-bond acceptors (Lipinski definition) is 3. The van der Waals surface area contributed by atoms with Gasteiger partial charge in [0.15, 0.2) is 0 Å². The van der Waals surface area contributed by atoms with E-state index in [1.807, 2.05) is 24.3 Å². The normalized spacial score (nSPS) is 11.8. The van der Waals surface area contributed by atoms with Crippen molar-refractivity contribution < 1.29 is 10.2 Å². The zero-order chi connectivity index (χ0) is 12.7. The van der Waals surface area contributed by atoms with E-state index in [9.17, 15) is 0 Å². The molecule has 0 heterocycles. The van der Waals surface area contributed by atoms with E-state index in [1.54, 1.807) is 0 Å². The summed E-state index contributed by atoms with van der Waals surface area (Å²) in [6.45, 7) is 6.32. The van der Waals surface area contributed by atoms with Crippen molar-refractivity contribution >= 4 is 0 Å². The van der Waals surface area contributed by atoms with Crippen molar-refractivity contribution in [1.29, 1.82) is 0 Å². The van der Waals surface area contributed by atoms with Gasteiger partial charge in [-0.15, -0.1) is 0 Å². The maximum atomic E-state index is 8.93. The monoisotopic (exact) mass is 237 g/mol. The molecule has 96 valence electrons. The van der Waals surface area contributed by atoms with Crippen LogP contribution in [-0.4, -0.2) is 23.4 Å². The van der Waals surface area contributed by atoms with E-state index in [-0.39, 0.29) is 18.6 Å². The molecule has 0 atom stereocenters. The van der Waals surface area contributed by atoms with Crippen LogP contribution in [0.3, 0.4) is 0 Å². The van der Waals surface area contributed by atoms with Crippen LogP contribution in [0.2, 0.25) is 0 Å². The van der Waals surface area contributed by atoms with Crippen LogP contribution in [0, 0.1) is 5.41 Å². The topological polar surface area (TPSA) is 52.5 Å². The fourth-order valence-electron chi connectivity index (χ4n) is 1.70. The molecule has 0 radical (unpaired) electrons. The number of rotatable bonds is 7. The molecule has 3 heteroatoms. The number of hydrogen-bond donors (Lipinski definition) is 3. The third kappa shape index (κ3) is 5.31. The predicted octanol–water partition coefficient (Wildman–Crippen LogP) is 1.68. The Morgan fingerprint density at radius 3 is 2.18 bits per heavy atom. The van der Waals surface area contributed by atoms with E-state index in [1.165, 1.54) is 5.56 Å². The Kier molecular flexibility index (Phi) is 5.62. The molecule has 0 aromatic heterocycles. The van der Waals surface area contributed by atoms with E-state index in [4.69, 9.17) is 10.2 Å². The van der Waals surface area contributed by atoms with Crippen LogP contribution in [0.4, 0.5) is 0 Å². The molecule has 0 bridgehead atoms. The van der Waals surface area contributed by atoms with E-state index >= 15 is 0 Å². The Morgan fingerprint density at radius 1 is 1.06 bits per heavy atom. The first-order valence-corrected chi connectivity index (χ1v) is 6.08. The lowest BCUT2D eigenvalue weighted by atomic mass is 9.90. The second kappa shape index (κ2) is 6.74. The predicted molar refractivity (Wildman–Crippen MR) is 69.6 cm³/mol. The third-order valence-corrected chi connectivity index (χ3v) is 2.93. The number of aliphatic hydroxyl groups is 2. The number of benzene rings is 1. The molecule has 3 N–H and O–H groups in total. The molecule has 0 aliphatic carbocycles. The van der Waals surface area contributed by atoms with Crippen LogP contribution in [0.25, 0.3) is 0 Å². The van der Waals surface area contributed by atoms with Gasteiger partial charge >= 0.3 is 0 Å². The highest BCUT2D eigenvalue weighted by atomic mass is 16.3. The Bertz CT molecular complexity index is 319. The SMILES string of the molecule is CC(C)(CCO)CNCc1ccc(CO)cc1. The minimum atomic E-state index is 0.0945. The summed E-state index contributed by atoms with van der Waals surface area (Å²) in [5.41, 5.74) is 2.27. The van der Waals surface area contributed by atoms with E-state index in [2.05, 4.69) is 19.2 Å². The van der Waals surface area contributed by atoms with Gasteiger partial charge in [-0.2, -0.15) is 0 Å². The Labute approximate surface area is 103 Å². The lowest BCUT2D eigenvalue weighted by Crippen LogP contribution is -2.29. The first kappa shape index (κ1) is 14.2. The van der Waals surface area contributed by atoms with Gasteiger partial charge in [0.05, 0.1) is 6.61 Å². The minimum absolute atomic E-state index is 0.0945. The molecule has 1 aromatic rings. The summed E-state index contributed by atoms with van der Waals surface area (Å²) < 4.78 is 0. The summed E-state index contributed by atoms with van der Waals surface area (Å²) in [6.07, 6.45) is 0.809. The van der Waals surface area contributed by atoms with Gasteiger partial charge in [0, 0.05) is 19.7 Å². The summed E-state index contributed by atoms with van der Waals surface area (Å²) in [6, 6.07) is 7.93. The Balaban J connectivity index is 2.35. The van der Waals surface area contributed by atoms with E-state index < -0.39 is 0 Å². The number of aliphatic hydroxyl groups excluding tert-OH is 2. The van der Waals surface area contributed by atoms with E-state index in [0.29, 0.717) is 0 Å². The standard InChI is InChI=1S/C14H23NO2/c1-14(2,7-8-16)11-15-9-12-3-5-13(10-17)6-4-12/h3-6,15-17H,7-11H2,1-2H3. The van der Waals surface area contributed by atoms with Crippen molar-refractivity contribution in [2.24, 2.45) is 5.41 Å².